The molecule has 1 heterocycles. The van der Waals surface area contributed by atoms with E-state index in [9.17, 15) is 4.79 Å². The van der Waals surface area contributed by atoms with Crippen LogP contribution in [0.4, 0.5) is 0 Å². The second kappa shape index (κ2) is 8.45. The third-order valence-electron chi connectivity index (χ3n) is 4.51. The predicted octanol–water partition coefficient (Wildman–Crippen LogP) is 3.84. The highest BCUT2D eigenvalue weighted by atomic mass is 79.9. The van der Waals surface area contributed by atoms with Crippen LogP contribution in [0.1, 0.15) is 22.3 Å². The number of hydrogen-bond donors (Lipinski definition) is 0. The van der Waals surface area contributed by atoms with Crippen molar-refractivity contribution in [1.82, 2.24) is 9.80 Å². The quantitative estimate of drug-likeness (QED) is 0.779. The first-order valence-electron chi connectivity index (χ1n) is 8.53. The van der Waals surface area contributed by atoms with Crippen LogP contribution in [0.25, 0.3) is 0 Å². The molecular formula is C20H23BrN2O. The summed E-state index contributed by atoms with van der Waals surface area (Å²) in [6.07, 6.45) is 2.29. The molecule has 0 radical (unpaired) electrons. The lowest BCUT2D eigenvalue weighted by atomic mass is 10.1. The molecule has 2 aromatic rings. The maximum absolute atomic E-state index is 12.5. The van der Waals surface area contributed by atoms with E-state index >= 15 is 0 Å². The minimum Gasteiger partial charge on any atom is -0.336 e. The topological polar surface area (TPSA) is 23.6 Å². The highest BCUT2D eigenvalue weighted by Crippen LogP contribution is 2.15. The lowest BCUT2D eigenvalue weighted by Gasteiger charge is -2.34. The Kier molecular flexibility index (Phi) is 6.05. The molecule has 24 heavy (non-hydrogen) atoms. The van der Waals surface area contributed by atoms with Gasteiger partial charge < -0.3 is 4.90 Å². The Labute approximate surface area is 152 Å². The van der Waals surface area contributed by atoms with Crippen LogP contribution >= 0.6 is 15.9 Å². The van der Waals surface area contributed by atoms with Gasteiger partial charge in [0.15, 0.2) is 0 Å². The molecule has 0 N–H and O–H groups in total. The molecule has 126 valence electrons. The van der Waals surface area contributed by atoms with Crippen molar-refractivity contribution in [2.45, 2.75) is 12.8 Å². The Bertz CT molecular complexity index is 666. The Morgan fingerprint density at radius 2 is 1.71 bits per heavy atom. The molecular weight excluding hydrogens is 364 g/mol. The molecule has 0 aliphatic carbocycles. The Balaban J connectivity index is 1.43. The second-order valence-corrected chi connectivity index (χ2v) is 7.15. The molecule has 0 aromatic heterocycles. The van der Waals surface area contributed by atoms with Gasteiger partial charge in [0.1, 0.15) is 0 Å². The monoisotopic (exact) mass is 386 g/mol. The molecule has 0 saturated carbocycles. The summed E-state index contributed by atoms with van der Waals surface area (Å²) in [6, 6.07) is 18.3. The molecule has 0 spiro atoms. The van der Waals surface area contributed by atoms with Gasteiger partial charge in [0, 0.05) is 36.2 Å². The zero-order valence-corrected chi connectivity index (χ0v) is 15.4. The molecule has 1 saturated heterocycles. The van der Waals surface area contributed by atoms with Crippen LogP contribution in [0.2, 0.25) is 0 Å². The van der Waals surface area contributed by atoms with Crippen LogP contribution in [-0.2, 0) is 6.42 Å². The van der Waals surface area contributed by atoms with Crippen molar-refractivity contribution in [3.8, 4) is 0 Å². The average molecular weight is 387 g/mol. The van der Waals surface area contributed by atoms with Gasteiger partial charge in [-0.15, -0.1) is 0 Å². The molecule has 0 bridgehead atoms. The van der Waals surface area contributed by atoms with E-state index in [2.05, 4.69) is 51.2 Å². The Morgan fingerprint density at radius 3 is 2.42 bits per heavy atom. The van der Waals surface area contributed by atoms with Crippen molar-refractivity contribution >= 4 is 21.8 Å². The van der Waals surface area contributed by atoms with E-state index in [0.717, 1.165) is 49.2 Å². The molecule has 1 aliphatic rings. The summed E-state index contributed by atoms with van der Waals surface area (Å²) in [6.45, 7) is 4.67. The van der Waals surface area contributed by atoms with Crippen molar-refractivity contribution in [1.29, 1.82) is 0 Å². The van der Waals surface area contributed by atoms with Crippen LogP contribution in [0.15, 0.2) is 59.1 Å². The average Bonchev–Trinajstić information content (AvgIpc) is 2.63. The maximum Gasteiger partial charge on any atom is 0.253 e. The lowest BCUT2D eigenvalue weighted by molar-refractivity contribution is 0.0636. The van der Waals surface area contributed by atoms with Crippen LogP contribution in [0.3, 0.4) is 0 Å². The van der Waals surface area contributed by atoms with Crippen LogP contribution in [-0.4, -0.2) is 48.4 Å². The van der Waals surface area contributed by atoms with Gasteiger partial charge in [0.25, 0.3) is 5.91 Å². The first-order valence-corrected chi connectivity index (χ1v) is 9.33. The third kappa shape index (κ3) is 4.68. The van der Waals surface area contributed by atoms with Crippen LogP contribution in [0, 0.1) is 0 Å². The SMILES string of the molecule is O=C(c1cccc(Br)c1)N1CCN(CCCc2ccccc2)CC1. The fourth-order valence-electron chi connectivity index (χ4n) is 3.13. The standard InChI is InChI=1S/C20H23BrN2O/c21-19-10-4-9-18(16-19)20(24)23-14-12-22(13-15-23)11-5-8-17-6-2-1-3-7-17/h1-4,6-7,9-10,16H,5,8,11-15H2. The van der Waals surface area contributed by atoms with E-state index in [0.29, 0.717) is 0 Å². The fourth-order valence-corrected chi connectivity index (χ4v) is 3.53. The number of hydrogen-bond acceptors (Lipinski definition) is 2. The zero-order chi connectivity index (χ0) is 16.8. The lowest BCUT2D eigenvalue weighted by Crippen LogP contribution is -2.48. The third-order valence-corrected chi connectivity index (χ3v) is 5.01. The summed E-state index contributed by atoms with van der Waals surface area (Å²) in [4.78, 5) is 17.0. The van der Waals surface area contributed by atoms with E-state index in [4.69, 9.17) is 0 Å². The Morgan fingerprint density at radius 1 is 0.958 bits per heavy atom. The second-order valence-electron chi connectivity index (χ2n) is 6.23. The van der Waals surface area contributed by atoms with Crippen molar-refractivity contribution < 1.29 is 4.79 Å². The minimum absolute atomic E-state index is 0.139. The number of halogens is 1. The number of carbonyl (C=O) groups is 1. The highest BCUT2D eigenvalue weighted by Gasteiger charge is 2.21. The van der Waals surface area contributed by atoms with Gasteiger partial charge in [-0.3, -0.25) is 9.69 Å². The van der Waals surface area contributed by atoms with E-state index in [1.807, 2.05) is 29.2 Å². The van der Waals surface area contributed by atoms with E-state index in [1.54, 1.807) is 0 Å². The molecule has 4 heteroatoms. The predicted molar refractivity (Wildman–Crippen MR) is 101 cm³/mol. The van der Waals surface area contributed by atoms with Gasteiger partial charge in [-0.25, -0.2) is 0 Å². The summed E-state index contributed by atoms with van der Waals surface area (Å²) in [5.41, 5.74) is 2.17. The summed E-state index contributed by atoms with van der Waals surface area (Å²) in [7, 11) is 0. The fraction of sp³-hybridized carbons (Fsp3) is 0.350. The Hall–Kier alpha value is -1.65. The van der Waals surface area contributed by atoms with E-state index in [-0.39, 0.29) is 5.91 Å². The zero-order valence-electron chi connectivity index (χ0n) is 13.8. The van der Waals surface area contributed by atoms with Crippen molar-refractivity contribution in [2.24, 2.45) is 0 Å². The number of rotatable bonds is 5. The van der Waals surface area contributed by atoms with Crippen molar-refractivity contribution in [3.05, 3.63) is 70.2 Å². The number of nitrogens with zero attached hydrogens (tertiary/aromatic N) is 2. The van der Waals surface area contributed by atoms with Crippen molar-refractivity contribution in [2.75, 3.05) is 32.7 Å². The number of aryl methyl sites for hydroxylation is 1. The van der Waals surface area contributed by atoms with Crippen LogP contribution in [0.5, 0.6) is 0 Å². The molecule has 3 rings (SSSR count). The summed E-state index contributed by atoms with van der Waals surface area (Å²) >= 11 is 3.43. The van der Waals surface area contributed by atoms with Gasteiger partial charge in [0.05, 0.1) is 0 Å². The van der Waals surface area contributed by atoms with E-state index in [1.165, 1.54) is 12.0 Å². The first kappa shape index (κ1) is 17.2. The number of piperazine rings is 1. The molecule has 0 unspecified atom stereocenters. The number of amides is 1. The van der Waals surface area contributed by atoms with Gasteiger partial charge in [-0.05, 0) is 43.1 Å². The molecule has 2 aromatic carbocycles. The normalized spacial score (nSPS) is 15.5. The van der Waals surface area contributed by atoms with Gasteiger partial charge in [0.2, 0.25) is 0 Å². The van der Waals surface area contributed by atoms with Gasteiger partial charge >= 0.3 is 0 Å². The largest absolute Gasteiger partial charge is 0.336 e. The molecule has 1 fully saturated rings. The van der Waals surface area contributed by atoms with E-state index < -0.39 is 0 Å². The number of carbonyl (C=O) groups excluding carboxylic acids is 1. The molecule has 1 amide bonds. The highest BCUT2D eigenvalue weighted by molar-refractivity contribution is 9.10. The van der Waals surface area contributed by atoms with Gasteiger partial charge in [-0.1, -0.05) is 52.3 Å². The maximum atomic E-state index is 12.5. The summed E-state index contributed by atoms with van der Waals surface area (Å²) in [5, 5.41) is 0. The summed E-state index contributed by atoms with van der Waals surface area (Å²) in [5.74, 6) is 0.139. The summed E-state index contributed by atoms with van der Waals surface area (Å²) < 4.78 is 0.952. The smallest absolute Gasteiger partial charge is 0.253 e. The molecule has 0 atom stereocenters. The van der Waals surface area contributed by atoms with Crippen LogP contribution < -0.4 is 0 Å². The number of benzene rings is 2. The van der Waals surface area contributed by atoms with Gasteiger partial charge in [-0.2, -0.15) is 0 Å². The minimum atomic E-state index is 0.139. The van der Waals surface area contributed by atoms with Crippen molar-refractivity contribution in [3.63, 3.8) is 0 Å². The molecule has 1 aliphatic heterocycles. The molecule has 3 nitrogen and oxygen atoms in total. The first-order chi connectivity index (χ1) is 11.7.